The number of phosphoric acid groups is 1. The second-order valence-corrected chi connectivity index (χ2v) is 26.4. The Hall–Kier alpha value is -2.29. The largest absolute Gasteiger partial charge is 0.472 e. The van der Waals surface area contributed by atoms with E-state index in [1.165, 1.54) is 225 Å². The summed E-state index contributed by atoms with van der Waals surface area (Å²) < 4.78 is 34.7. The van der Waals surface area contributed by atoms with E-state index in [0.29, 0.717) is 23.9 Å². The first kappa shape index (κ1) is 79.7. The van der Waals surface area contributed by atoms with Gasteiger partial charge in [0, 0.05) is 12.8 Å². The van der Waals surface area contributed by atoms with E-state index in [9.17, 15) is 19.0 Å². The topological polar surface area (TPSA) is 108 Å². The van der Waals surface area contributed by atoms with Gasteiger partial charge in [0.15, 0.2) is 6.10 Å². The van der Waals surface area contributed by atoms with Crippen molar-refractivity contribution in [3.63, 3.8) is 0 Å². The molecule has 2 atom stereocenters. The Bertz CT molecular complexity index is 1570. The second kappa shape index (κ2) is 63.2. The third-order valence-electron chi connectivity index (χ3n) is 15.6. The maximum atomic E-state index is 12.9. The lowest BCUT2D eigenvalue weighted by Crippen LogP contribution is -2.37. The van der Waals surface area contributed by atoms with Crippen molar-refractivity contribution in [2.24, 2.45) is 0 Å². The summed E-state index contributed by atoms with van der Waals surface area (Å²) in [6.07, 6.45) is 83.3. The van der Waals surface area contributed by atoms with Crippen molar-refractivity contribution >= 4 is 19.8 Å². The predicted octanol–water partition coefficient (Wildman–Crippen LogP) is 22.6. The molecule has 10 heteroatoms. The van der Waals surface area contributed by atoms with Gasteiger partial charge >= 0.3 is 19.8 Å². The number of allylic oxidation sites excluding steroid dienone is 10. The number of unbranched alkanes of at least 4 members (excludes halogenated alkanes) is 41. The van der Waals surface area contributed by atoms with Crippen molar-refractivity contribution in [2.45, 2.75) is 341 Å². The average molecular weight is 1170 g/mol. The van der Waals surface area contributed by atoms with Crippen LogP contribution in [-0.4, -0.2) is 74.9 Å². The monoisotopic (exact) mass is 1170 g/mol. The number of carbonyl (C=O) groups excluding carboxylic acids is 2. The van der Waals surface area contributed by atoms with E-state index in [-0.39, 0.29) is 25.6 Å². The minimum absolute atomic E-state index is 0.0300. The molecule has 0 aromatic carbocycles. The summed E-state index contributed by atoms with van der Waals surface area (Å²) in [6, 6.07) is 0. The molecule has 0 aliphatic carbocycles. The maximum absolute atomic E-state index is 12.9. The highest BCUT2D eigenvalue weighted by molar-refractivity contribution is 7.47. The van der Waals surface area contributed by atoms with Gasteiger partial charge in [-0.2, -0.15) is 0 Å². The zero-order valence-corrected chi connectivity index (χ0v) is 55.6. The molecule has 0 saturated carbocycles. The zero-order chi connectivity index (χ0) is 59.8. The van der Waals surface area contributed by atoms with Gasteiger partial charge in [-0.3, -0.25) is 18.6 Å². The number of carbonyl (C=O) groups is 2. The van der Waals surface area contributed by atoms with Crippen LogP contribution in [0.15, 0.2) is 60.8 Å². The summed E-state index contributed by atoms with van der Waals surface area (Å²) in [6.45, 7) is 4.37. The van der Waals surface area contributed by atoms with Crippen molar-refractivity contribution in [2.75, 3.05) is 47.5 Å². The van der Waals surface area contributed by atoms with E-state index in [0.717, 1.165) is 77.0 Å². The Labute approximate surface area is 508 Å². The van der Waals surface area contributed by atoms with Crippen LogP contribution in [0, 0.1) is 0 Å². The molecular formula is C72H135NO8P+. The molecule has 0 rings (SSSR count). The van der Waals surface area contributed by atoms with Gasteiger partial charge in [-0.25, -0.2) is 4.57 Å². The molecule has 0 fully saturated rings. The number of hydrogen-bond acceptors (Lipinski definition) is 7. The minimum Gasteiger partial charge on any atom is -0.462 e. The number of esters is 2. The summed E-state index contributed by atoms with van der Waals surface area (Å²) >= 11 is 0. The molecule has 0 aromatic rings. The summed E-state index contributed by atoms with van der Waals surface area (Å²) in [7, 11) is 1.48. The van der Waals surface area contributed by atoms with Gasteiger partial charge in [-0.05, 0) is 57.8 Å². The van der Waals surface area contributed by atoms with Crippen LogP contribution in [0.2, 0.25) is 0 Å². The van der Waals surface area contributed by atoms with E-state index in [1.807, 2.05) is 21.1 Å². The molecule has 0 spiro atoms. The highest BCUT2D eigenvalue weighted by Gasteiger charge is 2.27. The predicted molar refractivity (Wildman–Crippen MR) is 353 cm³/mol. The molecule has 0 bridgehead atoms. The molecule has 0 aliphatic heterocycles. The molecule has 0 saturated heterocycles. The molecule has 2 unspecified atom stereocenters. The van der Waals surface area contributed by atoms with Crippen LogP contribution >= 0.6 is 7.82 Å². The van der Waals surface area contributed by atoms with Gasteiger partial charge in [-0.1, -0.05) is 325 Å². The SMILES string of the molecule is CC/C=C\C/C=C\C/C=C\C/C=C\C/C=C\CCCCCCCCCCCC(=O)OC(COC(=O)CCCCCCCCCCCCCCCCCCCCCCCCCCCCCCCCCCC)COP(=O)(O)OCC[N+](C)(C)C. The highest BCUT2D eigenvalue weighted by Crippen LogP contribution is 2.43. The molecule has 1 N–H and O–H groups in total. The number of phosphoric ester groups is 1. The molecule has 0 aliphatic rings. The van der Waals surface area contributed by atoms with Gasteiger partial charge < -0.3 is 18.9 Å². The lowest BCUT2D eigenvalue weighted by Gasteiger charge is -2.24. The molecule has 0 aromatic heterocycles. The Morgan fingerprint density at radius 1 is 0.390 bits per heavy atom. The Morgan fingerprint density at radius 2 is 0.695 bits per heavy atom. The molecule has 0 heterocycles. The Balaban J connectivity index is 4.00. The van der Waals surface area contributed by atoms with Crippen LogP contribution in [0.1, 0.15) is 335 Å². The first-order chi connectivity index (χ1) is 40.0. The molecular weight excluding hydrogens is 1040 g/mol. The average Bonchev–Trinajstić information content (AvgIpc) is 3.46. The van der Waals surface area contributed by atoms with Crippen LogP contribution in [0.3, 0.4) is 0 Å². The van der Waals surface area contributed by atoms with E-state index >= 15 is 0 Å². The van der Waals surface area contributed by atoms with Crippen LogP contribution < -0.4 is 0 Å². The number of nitrogens with zero attached hydrogens (tertiary/aromatic N) is 1. The van der Waals surface area contributed by atoms with Gasteiger partial charge in [0.1, 0.15) is 19.8 Å². The highest BCUT2D eigenvalue weighted by atomic mass is 31.2. The van der Waals surface area contributed by atoms with Crippen LogP contribution in [0.4, 0.5) is 0 Å². The normalized spacial score (nSPS) is 13.5. The maximum Gasteiger partial charge on any atom is 0.472 e. The molecule has 9 nitrogen and oxygen atoms in total. The fourth-order valence-corrected chi connectivity index (χ4v) is 11.0. The summed E-state index contributed by atoms with van der Waals surface area (Å²) in [5.41, 5.74) is 0. The quantitative estimate of drug-likeness (QED) is 0.0211. The summed E-state index contributed by atoms with van der Waals surface area (Å²) in [5.74, 6) is -0.791. The van der Waals surface area contributed by atoms with Crippen LogP contribution in [-0.2, 0) is 32.7 Å². The fraction of sp³-hybridized carbons (Fsp3) is 0.833. The van der Waals surface area contributed by atoms with Gasteiger partial charge in [0.25, 0.3) is 0 Å². The van der Waals surface area contributed by atoms with Crippen molar-refractivity contribution in [3.05, 3.63) is 60.8 Å². The van der Waals surface area contributed by atoms with Crippen molar-refractivity contribution in [1.82, 2.24) is 0 Å². The first-order valence-electron chi connectivity index (χ1n) is 35.0. The number of ether oxygens (including phenoxy) is 2. The molecule has 0 amide bonds. The standard InChI is InChI=1S/C72H134NO8P/c1-6-8-10-12-14-16-18-20-22-24-26-28-30-32-33-34-35-36-37-38-39-41-42-44-46-48-50-52-54-56-58-60-62-64-71(74)78-68-70(69-80-82(76,77)79-67-66-73(3,4)5)81-72(75)65-63-61-59-57-55-53-51-49-47-45-43-40-31-29-27-25-23-21-19-17-15-13-11-9-7-2/h9,11,15,17,21,23,27,29,40,43,70H,6-8,10,12-14,16,18-20,22,24-26,28,30-39,41-42,44-69H2,1-5H3/p+1/b11-9-,17-15-,23-21-,29-27-,43-40-. The Morgan fingerprint density at radius 3 is 1.04 bits per heavy atom. The molecule has 0 radical (unpaired) electrons. The van der Waals surface area contributed by atoms with Gasteiger partial charge in [0.05, 0.1) is 27.7 Å². The van der Waals surface area contributed by atoms with Crippen LogP contribution in [0.5, 0.6) is 0 Å². The van der Waals surface area contributed by atoms with Gasteiger partial charge in [-0.15, -0.1) is 0 Å². The molecule has 82 heavy (non-hydrogen) atoms. The number of rotatable bonds is 65. The third kappa shape index (κ3) is 66.8. The summed E-state index contributed by atoms with van der Waals surface area (Å²) in [5, 5.41) is 0. The first-order valence-corrected chi connectivity index (χ1v) is 36.5. The second-order valence-electron chi connectivity index (χ2n) is 24.9. The minimum atomic E-state index is -4.39. The summed E-state index contributed by atoms with van der Waals surface area (Å²) in [4.78, 5) is 35.9. The Kier molecular flexibility index (Phi) is 61.5. The van der Waals surface area contributed by atoms with E-state index in [2.05, 4.69) is 74.6 Å². The van der Waals surface area contributed by atoms with E-state index in [4.69, 9.17) is 18.5 Å². The van der Waals surface area contributed by atoms with Crippen molar-refractivity contribution in [3.8, 4) is 0 Å². The smallest absolute Gasteiger partial charge is 0.462 e. The van der Waals surface area contributed by atoms with Crippen LogP contribution in [0.25, 0.3) is 0 Å². The fourth-order valence-electron chi connectivity index (χ4n) is 10.2. The number of likely N-dealkylation sites (N-methyl/N-ethyl adjacent to an activating group) is 1. The lowest BCUT2D eigenvalue weighted by molar-refractivity contribution is -0.870. The number of quaternary nitrogens is 1. The number of hydrogen-bond donors (Lipinski definition) is 1. The zero-order valence-electron chi connectivity index (χ0n) is 54.7. The van der Waals surface area contributed by atoms with E-state index in [1.54, 1.807) is 0 Å². The van der Waals surface area contributed by atoms with Gasteiger partial charge in [0.2, 0.25) is 0 Å². The van der Waals surface area contributed by atoms with E-state index < -0.39 is 26.5 Å². The van der Waals surface area contributed by atoms with Crippen molar-refractivity contribution in [1.29, 1.82) is 0 Å². The van der Waals surface area contributed by atoms with Crippen molar-refractivity contribution < 1.29 is 42.1 Å². The molecule has 480 valence electrons. The third-order valence-corrected chi connectivity index (χ3v) is 16.5. The lowest BCUT2D eigenvalue weighted by atomic mass is 10.0.